The quantitative estimate of drug-likeness (QED) is 0.709. The van der Waals surface area contributed by atoms with Crippen molar-refractivity contribution in [2.75, 3.05) is 13.1 Å². The molecule has 0 aromatic heterocycles. The number of benzene rings is 1. The molecule has 1 amide bonds. The number of carbonyl (C=O) groups is 1. The molecule has 0 aliphatic carbocycles. The Morgan fingerprint density at radius 1 is 1.26 bits per heavy atom. The maximum Gasteiger partial charge on any atom is 0.236 e. The highest BCUT2D eigenvalue weighted by Gasteiger charge is 2.10. The second kappa shape index (κ2) is 8.64. The zero-order valence-electron chi connectivity index (χ0n) is 11.7. The lowest BCUT2D eigenvalue weighted by molar-refractivity contribution is -0.122. The first-order valence-corrected chi connectivity index (χ1v) is 6.89. The number of carbonyl (C=O) groups excluding carboxylic acids is 1. The van der Waals surface area contributed by atoms with Crippen molar-refractivity contribution in [2.24, 2.45) is 0 Å². The molecule has 1 aromatic rings. The number of hydrogen-bond donors (Lipinski definition) is 2. The minimum atomic E-state index is -0.222. The molecule has 1 atom stereocenters. The third-order valence-corrected chi connectivity index (χ3v) is 3.00. The van der Waals surface area contributed by atoms with Gasteiger partial charge in [0.1, 0.15) is 5.82 Å². The summed E-state index contributed by atoms with van der Waals surface area (Å²) < 4.78 is 12.7. The Bertz CT molecular complexity index is 378. The molecule has 0 saturated heterocycles. The predicted octanol–water partition coefficient (Wildman–Crippen LogP) is 2.26. The van der Waals surface area contributed by atoms with Crippen molar-refractivity contribution in [2.45, 2.75) is 39.2 Å². The predicted molar refractivity (Wildman–Crippen MR) is 75.5 cm³/mol. The summed E-state index contributed by atoms with van der Waals surface area (Å²) in [5.41, 5.74) is 1.06. The normalized spacial score (nSPS) is 12.2. The van der Waals surface area contributed by atoms with Gasteiger partial charge >= 0.3 is 0 Å². The van der Waals surface area contributed by atoms with Gasteiger partial charge in [-0.1, -0.05) is 25.5 Å². The third kappa shape index (κ3) is 6.34. The highest BCUT2D eigenvalue weighted by atomic mass is 19.1. The van der Waals surface area contributed by atoms with Crippen LogP contribution in [0.2, 0.25) is 0 Å². The van der Waals surface area contributed by atoms with Gasteiger partial charge in [0.25, 0.3) is 0 Å². The number of unbranched alkanes of at least 4 members (excludes halogenated alkanes) is 1. The van der Waals surface area contributed by atoms with Gasteiger partial charge in [0.05, 0.1) is 6.04 Å². The van der Waals surface area contributed by atoms with Crippen LogP contribution in [-0.2, 0) is 11.2 Å². The SMILES string of the molecule is CCCCNC(=O)C(C)NCCc1ccc(F)cc1. The fourth-order valence-electron chi connectivity index (χ4n) is 1.72. The summed E-state index contributed by atoms with van der Waals surface area (Å²) in [6, 6.07) is 6.25. The number of hydrogen-bond acceptors (Lipinski definition) is 2. The van der Waals surface area contributed by atoms with Crippen molar-refractivity contribution >= 4 is 5.91 Å². The standard InChI is InChI=1S/C15H23FN2O/c1-3-4-10-18-15(19)12(2)17-11-9-13-5-7-14(16)8-6-13/h5-8,12,17H,3-4,9-11H2,1-2H3,(H,18,19). The first-order chi connectivity index (χ1) is 9.13. The lowest BCUT2D eigenvalue weighted by Crippen LogP contribution is -2.43. The Labute approximate surface area is 114 Å². The van der Waals surface area contributed by atoms with E-state index in [1.807, 2.05) is 6.92 Å². The van der Waals surface area contributed by atoms with E-state index in [1.54, 1.807) is 12.1 Å². The van der Waals surface area contributed by atoms with Gasteiger partial charge in [0.15, 0.2) is 0 Å². The van der Waals surface area contributed by atoms with Crippen molar-refractivity contribution in [3.05, 3.63) is 35.6 Å². The molecule has 1 aromatic carbocycles. The van der Waals surface area contributed by atoms with Crippen molar-refractivity contribution in [1.29, 1.82) is 0 Å². The van der Waals surface area contributed by atoms with Gasteiger partial charge in [-0.15, -0.1) is 0 Å². The van der Waals surface area contributed by atoms with Crippen LogP contribution >= 0.6 is 0 Å². The Kier molecular flexibility index (Phi) is 7.11. The number of rotatable bonds is 8. The first-order valence-electron chi connectivity index (χ1n) is 6.89. The van der Waals surface area contributed by atoms with Crippen LogP contribution in [0.1, 0.15) is 32.3 Å². The van der Waals surface area contributed by atoms with E-state index in [9.17, 15) is 9.18 Å². The molecule has 0 aliphatic rings. The van der Waals surface area contributed by atoms with Gasteiger partial charge in [0.2, 0.25) is 5.91 Å². The highest BCUT2D eigenvalue weighted by Crippen LogP contribution is 2.02. The maximum absolute atomic E-state index is 12.7. The van der Waals surface area contributed by atoms with E-state index in [2.05, 4.69) is 17.6 Å². The largest absolute Gasteiger partial charge is 0.355 e. The van der Waals surface area contributed by atoms with Crippen LogP contribution in [-0.4, -0.2) is 25.0 Å². The average Bonchev–Trinajstić information content (AvgIpc) is 2.41. The molecule has 1 rings (SSSR count). The van der Waals surface area contributed by atoms with E-state index >= 15 is 0 Å². The summed E-state index contributed by atoms with van der Waals surface area (Å²) in [6.45, 7) is 5.38. The van der Waals surface area contributed by atoms with Crippen LogP contribution < -0.4 is 10.6 Å². The van der Waals surface area contributed by atoms with E-state index in [-0.39, 0.29) is 17.8 Å². The zero-order valence-corrected chi connectivity index (χ0v) is 11.7. The summed E-state index contributed by atoms with van der Waals surface area (Å²) in [6.07, 6.45) is 2.87. The summed E-state index contributed by atoms with van der Waals surface area (Å²) in [5.74, 6) is -0.187. The van der Waals surface area contributed by atoms with E-state index in [0.717, 1.165) is 31.4 Å². The van der Waals surface area contributed by atoms with Crippen molar-refractivity contribution in [3.63, 3.8) is 0 Å². The fraction of sp³-hybridized carbons (Fsp3) is 0.533. The molecule has 0 radical (unpaired) electrons. The monoisotopic (exact) mass is 266 g/mol. The molecular formula is C15H23FN2O. The smallest absolute Gasteiger partial charge is 0.236 e. The Balaban J connectivity index is 2.20. The molecule has 2 N–H and O–H groups in total. The van der Waals surface area contributed by atoms with E-state index in [1.165, 1.54) is 12.1 Å². The first kappa shape index (κ1) is 15.6. The number of amides is 1. The molecule has 0 bridgehead atoms. The minimum absolute atomic E-state index is 0.0348. The molecule has 4 heteroatoms. The van der Waals surface area contributed by atoms with Gasteiger partial charge in [0, 0.05) is 6.54 Å². The van der Waals surface area contributed by atoms with Crippen LogP contribution in [0.15, 0.2) is 24.3 Å². The van der Waals surface area contributed by atoms with Crippen LogP contribution in [0, 0.1) is 5.82 Å². The van der Waals surface area contributed by atoms with Crippen LogP contribution in [0.4, 0.5) is 4.39 Å². The maximum atomic E-state index is 12.7. The number of nitrogens with one attached hydrogen (secondary N) is 2. The van der Waals surface area contributed by atoms with Crippen LogP contribution in [0.3, 0.4) is 0 Å². The van der Waals surface area contributed by atoms with Gasteiger partial charge in [-0.05, 0) is 44.0 Å². The summed E-state index contributed by atoms with van der Waals surface area (Å²) in [7, 11) is 0. The van der Waals surface area contributed by atoms with Crippen molar-refractivity contribution in [1.82, 2.24) is 10.6 Å². The summed E-state index contributed by atoms with van der Waals surface area (Å²) >= 11 is 0. The van der Waals surface area contributed by atoms with Gasteiger partial charge < -0.3 is 10.6 Å². The lowest BCUT2D eigenvalue weighted by atomic mass is 10.1. The molecule has 106 valence electrons. The second-order valence-electron chi connectivity index (χ2n) is 4.70. The average molecular weight is 266 g/mol. The molecular weight excluding hydrogens is 243 g/mol. The van der Waals surface area contributed by atoms with E-state index < -0.39 is 0 Å². The molecule has 19 heavy (non-hydrogen) atoms. The Morgan fingerprint density at radius 3 is 2.58 bits per heavy atom. The highest BCUT2D eigenvalue weighted by molar-refractivity contribution is 5.81. The van der Waals surface area contributed by atoms with Crippen LogP contribution in [0.5, 0.6) is 0 Å². The Morgan fingerprint density at radius 2 is 1.95 bits per heavy atom. The molecule has 0 aliphatic heterocycles. The second-order valence-corrected chi connectivity index (χ2v) is 4.70. The molecule has 1 unspecified atom stereocenters. The van der Waals surface area contributed by atoms with Gasteiger partial charge in [-0.25, -0.2) is 4.39 Å². The van der Waals surface area contributed by atoms with Crippen molar-refractivity contribution in [3.8, 4) is 0 Å². The summed E-state index contributed by atoms with van der Waals surface area (Å²) in [4.78, 5) is 11.7. The third-order valence-electron chi connectivity index (χ3n) is 3.00. The molecule has 0 heterocycles. The molecule has 3 nitrogen and oxygen atoms in total. The van der Waals surface area contributed by atoms with E-state index in [4.69, 9.17) is 0 Å². The fourth-order valence-corrected chi connectivity index (χ4v) is 1.72. The summed E-state index contributed by atoms with van der Waals surface area (Å²) in [5, 5.41) is 6.06. The molecule has 0 spiro atoms. The molecule has 0 saturated carbocycles. The van der Waals surface area contributed by atoms with Gasteiger partial charge in [-0.2, -0.15) is 0 Å². The Hall–Kier alpha value is -1.42. The van der Waals surface area contributed by atoms with Gasteiger partial charge in [-0.3, -0.25) is 4.79 Å². The zero-order chi connectivity index (χ0) is 14.1. The van der Waals surface area contributed by atoms with Crippen LogP contribution in [0.25, 0.3) is 0 Å². The lowest BCUT2D eigenvalue weighted by Gasteiger charge is -2.13. The van der Waals surface area contributed by atoms with Crippen molar-refractivity contribution < 1.29 is 9.18 Å². The topological polar surface area (TPSA) is 41.1 Å². The van der Waals surface area contributed by atoms with E-state index in [0.29, 0.717) is 6.54 Å². The minimum Gasteiger partial charge on any atom is -0.355 e. The molecule has 0 fully saturated rings. The number of halogens is 1.